The highest BCUT2D eigenvalue weighted by Crippen LogP contribution is 2.22. The van der Waals surface area contributed by atoms with Crippen LogP contribution in [0.1, 0.15) is 12.1 Å². The van der Waals surface area contributed by atoms with Gasteiger partial charge in [-0.15, -0.1) is 0 Å². The number of pyridine rings is 1. The van der Waals surface area contributed by atoms with Gasteiger partial charge in [-0.05, 0) is 49.7 Å². The molecule has 152 valence electrons. The number of carbonyl (C=O) groups is 1. The second kappa shape index (κ2) is 8.38. The Balaban J connectivity index is 1.34. The number of aryl methyl sites for hydroxylation is 1. The minimum Gasteiger partial charge on any atom is -0.497 e. The number of carbonyl (C=O) groups excluding carboxylic acids is 1. The summed E-state index contributed by atoms with van der Waals surface area (Å²) >= 11 is 0. The number of ether oxygens (including phenoxy) is 2. The van der Waals surface area contributed by atoms with Gasteiger partial charge in [-0.1, -0.05) is 0 Å². The van der Waals surface area contributed by atoms with Crippen LogP contribution in [-0.2, 0) is 4.79 Å². The van der Waals surface area contributed by atoms with E-state index in [0.717, 1.165) is 24.4 Å². The molecule has 1 aromatic carbocycles. The second-order valence-corrected chi connectivity index (χ2v) is 6.96. The summed E-state index contributed by atoms with van der Waals surface area (Å²) in [6.07, 6.45) is 0.833. The van der Waals surface area contributed by atoms with Crippen molar-refractivity contribution in [3.05, 3.63) is 42.1 Å². The van der Waals surface area contributed by atoms with Crippen LogP contribution in [0.15, 0.2) is 40.8 Å². The number of oxazole rings is 1. The quantitative estimate of drug-likeness (QED) is 0.656. The van der Waals surface area contributed by atoms with Crippen molar-refractivity contribution in [2.24, 2.45) is 0 Å². The van der Waals surface area contributed by atoms with E-state index in [1.54, 1.807) is 31.4 Å². The molecular weight excluding hydrogens is 372 g/mol. The number of rotatable bonds is 5. The summed E-state index contributed by atoms with van der Waals surface area (Å²) in [7, 11) is 1.61. The number of methoxy groups -OCH3 is 1. The monoisotopic (exact) mass is 396 g/mol. The van der Waals surface area contributed by atoms with Crippen molar-refractivity contribution < 1.29 is 18.7 Å². The Morgan fingerprint density at radius 2 is 1.83 bits per heavy atom. The van der Waals surface area contributed by atoms with Crippen LogP contribution in [0.4, 0.5) is 6.01 Å². The third kappa shape index (κ3) is 4.42. The molecule has 0 atom stereocenters. The number of nitrogens with zero attached hydrogens (tertiary/aromatic N) is 4. The van der Waals surface area contributed by atoms with E-state index in [2.05, 4.69) is 14.9 Å². The van der Waals surface area contributed by atoms with Crippen LogP contribution in [0.25, 0.3) is 11.2 Å². The van der Waals surface area contributed by atoms with E-state index >= 15 is 0 Å². The maximum absolute atomic E-state index is 12.6. The Hall–Kier alpha value is -3.29. The fraction of sp³-hybridized carbons (Fsp3) is 0.381. The largest absolute Gasteiger partial charge is 0.497 e. The number of amides is 1. The molecule has 1 amide bonds. The van der Waals surface area contributed by atoms with Crippen LogP contribution in [0.5, 0.6) is 11.5 Å². The maximum Gasteiger partial charge on any atom is 0.300 e. The predicted molar refractivity (Wildman–Crippen MR) is 108 cm³/mol. The number of fused-ring (bicyclic) bond motifs is 1. The minimum atomic E-state index is -0.0301. The third-order valence-electron chi connectivity index (χ3n) is 4.92. The molecule has 1 saturated heterocycles. The van der Waals surface area contributed by atoms with Gasteiger partial charge >= 0.3 is 0 Å². The fourth-order valence-electron chi connectivity index (χ4n) is 3.30. The highest BCUT2D eigenvalue weighted by atomic mass is 16.5. The molecule has 29 heavy (non-hydrogen) atoms. The molecule has 4 rings (SSSR count). The highest BCUT2D eigenvalue weighted by molar-refractivity contribution is 5.78. The summed E-state index contributed by atoms with van der Waals surface area (Å²) in [5, 5.41) is 0. The molecule has 0 N–H and O–H groups in total. The average molecular weight is 396 g/mol. The Kier molecular flexibility index (Phi) is 5.50. The second-order valence-electron chi connectivity index (χ2n) is 6.96. The van der Waals surface area contributed by atoms with Gasteiger partial charge in [-0.2, -0.15) is 4.98 Å². The van der Waals surface area contributed by atoms with Crippen LogP contribution in [0.3, 0.4) is 0 Å². The van der Waals surface area contributed by atoms with E-state index in [1.807, 2.05) is 24.0 Å². The zero-order valence-corrected chi connectivity index (χ0v) is 16.6. The van der Waals surface area contributed by atoms with Gasteiger partial charge in [-0.3, -0.25) is 4.79 Å². The van der Waals surface area contributed by atoms with Crippen LogP contribution in [0.2, 0.25) is 0 Å². The Bertz CT molecular complexity index is 986. The van der Waals surface area contributed by atoms with Crippen molar-refractivity contribution in [3.63, 3.8) is 0 Å². The molecule has 0 unspecified atom stereocenters. The molecule has 0 bridgehead atoms. The lowest BCUT2D eigenvalue weighted by molar-refractivity contribution is -0.133. The third-order valence-corrected chi connectivity index (χ3v) is 4.92. The Morgan fingerprint density at radius 3 is 2.62 bits per heavy atom. The van der Waals surface area contributed by atoms with Crippen LogP contribution in [0, 0.1) is 6.92 Å². The first kappa shape index (κ1) is 19.0. The number of hydrogen-bond donors (Lipinski definition) is 0. The summed E-state index contributed by atoms with van der Waals surface area (Å²) in [4.78, 5) is 25.4. The summed E-state index contributed by atoms with van der Waals surface area (Å²) < 4.78 is 16.6. The van der Waals surface area contributed by atoms with Crippen molar-refractivity contribution in [1.29, 1.82) is 0 Å². The topological polar surface area (TPSA) is 80.9 Å². The zero-order valence-electron chi connectivity index (χ0n) is 16.6. The van der Waals surface area contributed by atoms with Gasteiger partial charge in [0, 0.05) is 31.9 Å². The Labute approximate surface area is 169 Å². The summed E-state index contributed by atoms with van der Waals surface area (Å²) in [6.45, 7) is 4.64. The van der Waals surface area contributed by atoms with Crippen LogP contribution in [-0.4, -0.2) is 60.7 Å². The number of aromatic nitrogens is 2. The van der Waals surface area contributed by atoms with Gasteiger partial charge in [0.15, 0.2) is 12.2 Å². The molecule has 8 nitrogen and oxygen atoms in total. The van der Waals surface area contributed by atoms with E-state index in [1.165, 1.54) is 0 Å². The van der Waals surface area contributed by atoms with Gasteiger partial charge in [0.1, 0.15) is 11.5 Å². The lowest BCUT2D eigenvalue weighted by Crippen LogP contribution is -2.38. The first-order chi connectivity index (χ1) is 14.1. The molecule has 3 heterocycles. The summed E-state index contributed by atoms with van der Waals surface area (Å²) in [6, 6.07) is 11.5. The molecule has 2 aromatic heterocycles. The number of anilines is 1. The summed E-state index contributed by atoms with van der Waals surface area (Å²) in [5.74, 6) is 1.36. The van der Waals surface area contributed by atoms with Crippen molar-refractivity contribution in [3.8, 4) is 11.5 Å². The molecule has 0 saturated carbocycles. The van der Waals surface area contributed by atoms with Crippen molar-refractivity contribution >= 4 is 23.2 Å². The van der Waals surface area contributed by atoms with Gasteiger partial charge in [0.25, 0.3) is 11.9 Å². The van der Waals surface area contributed by atoms with Gasteiger partial charge in [0.05, 0.1) is 7.11 Å². The molecule has 0 aliphatic carbocycles. The molecule has 0 radical (unpaired) electrons. The standard InChI is InChI=1S/C21H24N4O4/c1-15-4-9-18-20(22-15)23-21(29-18)25-11-3-10-24(12-13-25)19(26)14-28-17-7-5-16(27-2)6-8-17/h4-9H,3,10-14H2,1-2H3. The zero-order chi connectivity index (χ0) is 20.2. The van der Waals surface area contributed by atoms with E-state index in [0.29, 0.717) is 42.6 Å². The Morgan fingerprint density at radius 1 is 1.03 bits per heavy atom. The van der Waals surface area contributed by atoms with Gasteiger partial charge in [0.2, 0.25) is 5.65 Å². The van der Waals surface area contributed by atoms with Crippen LogP contribution < -0.4 is 14.4 Å². The van der Waals surface area contributed by atoms with Gasteiger partial charge < -0.3 is 23.7 Å². The lowest BCUT2D eigenvalue weighted by atomic mass is 10.3. The van der Waals surface area contributed by atoms with E-state index in [9.17, 15) is 4.79 Å². The molecule has 0 spiro atoms. The first-order valence-corrected chi connectivity index (χ1v) is 9.66. The molecular formula is C21H24N4O4. The lowest BCUT2D eigenvalue weighted by Gasteiger charge is -2.21. The molecule has 1 aliphatic rings. The fourth-order valence-corrected chi connectivity index (χ4v) is 3.30. The molecule has 1 fully saturated rings. The van der Waals surface area contributed by atoms with E-state index < -0.39 is 0 Å². The van der Waals surface area contributed by atoms with Crippen molar-refractivity contribution in [1.82, 2.24) is 14.9 Å². The predicted octanol–water partition coefficient (Wildman–Crippen LogP) is 2.66. The number of hydrogen-bond acceptors (Lipinski definition) is 7. The van der Waals surface area contributed by atoms with E-state index in [-0.39, 0.29) is 12.5 Å². The van der Waals surface area contributed by atoms with E-state index in [4.69, 9.17) is 13.9 Å². The maximum atomic E-state index is 12.6. The number of benzene rings is 1. The molecule has 1 aliphatic heterocycles. The molecule has 8 heteroatoms. The normalized spacial score (nSPS) is 14.7. The van der Waals surface area contributed by atoms with Crippen molar-refractivity contribution in [2.75, 3.05) is 44.8 Å². The van der Waals surface area contributed by atoms with Crippen molar-refractivity contribution in [2.45, 2.75) is 13.3 Å². The highest BCUT2D eigenvalue weighted by Gasteiger charge is 2.22. The van der Waals surface area contributed by atoms with Crippen LogP contribution >= 0.6 is 0 Å². The SMILES string of the molecule is COc1ccc(OCC(=O)N2CCCN(c3nc4nc(C)ccc4o3)CC2)cc1. The first-order valence-electron chi connectivity index (χ1n) is 9.66. The average Bonchev–Trinajstić information content (AvgIpc) is 2.99. The smallest absolute Gasteiger partial charge is 0.300 e. The van der Waals surface area contributed by atoms with Gasteiger partial charge in [-0.25, -0.2) is 4.98 Å². The minimum absolute atomic E-state index is 0.0123. The summed E-state index contributed by atoms with van der Waals surface area (Å²) in [5.41, 5.74) is 2.20. The molecule has 3 aromatic rings.